The topological polar surface area (TPSA) is 90.7 Å². The Morgan fingerprint density at radius 2 is 1.65 bits per heavy atom. The number of methoxy groups -OCH3 is 2. The monoisotopic (exact) mass is 358 g/mol. The zero-order valence-electron chi connectivity index (χ0n) is 15.5. The molecule has 0 aliphatic heterocycles. The van der Waals surface area contributed by atoms with E-state index in [1.165, 1.54) is 32.4 Å². The van der Waals surface area contributed by atoms with Crippen molar-refractivity contribution in [2.45, 2.75) is 26.2 Å². The van der Waals surface area contributed by atoms with Crippen LogP contribution in [-0.4, -0.2) is 25.1 Å². The molecule has 0 bridgehead atoms. The minimum Gasteiger partial charge on any atom is -0.495 e. The second kappa shape index (κ2) is 7.43. The van der Waals surface area contributed by atoms with Gasteiger partial charge in [0, 0.05) is 11.6 Å². The number of amides is 1. The highest BCUT2D eigenvalue weighted by molar-refractivity contribution is 6.05. The van der Waals surface area contributed by atoms with Crippen LogP contribution in [0.1, 0.15) is 36.7 Å². The van der Waals surface area contributed by atoms with Gasteiger partial charge in [-0.05, 0) is 35.2 Å². The van der Waals surface area contributed by atoms with Crippen molar-refractivity contribution in [1.29, 1.82) is 0 Å². The van der Waals surface area contributed by atoms with Crippen LogP contribution in [0.2, 0.25) is 0 Å². The van der Waals surface area contributed by atoms with Crippen LogP contribution in [0, 0.1) is 10.1 Å². The molecule has 1 N–H and O–H groups in total. The van der Waals surface area contributed by atoms with E-state index in [0.29, 0.717) is 11.4 Å². The highest BCUT2D eigenvalue weighted by atomic mass is 16.6. The Hall–Kier alpha value is -3.09. The Labute approximate surface area is 152 Å². The summed E-state index contributed by atoms with van der Waals surface area (Å²) in [5.74, 6) is 0.133. The van der Waals surface area contributed by atoms with Crippen LogP contribution >= 0.6 is 0 Å². The van der Waals surface area contributed by atoms with Gasteiger partial charge in [-0.3, -0.25) is 14.9 Å². The number of nitrogens with one attached hydrogen (secondary N) is 1. The van der Waals surface area contributed by atoms with E-state index in [-0.39, 0.29) is 22.4 Å². The highest BCUT2D eigenvalue weighted by Crippen LogP contribution is 2.32. The quantitative estimate of drug-likeness (QED) is 0.640. The van der Waals surface area contributed by atoms with Crippen LogP contribution in [0.3, 0.4) is 0 Å². The predicted octanol–water partition coefficient (Wildman–Crippen LogP) is 4.16. The first-order valence-corrected chi connectivity index (χ1v) is 7.99. The van der Waals surface area contributed by atoms with E-state index in [2.05, 4.69) is 26.1 Å². The zero-order valence-corrected chi connectivity index (χ0v) is 15.5. The normalized spacial score (nSPS) is 11.0. The fraction of sp³-hybridized carbons (Fsp3) is 0.316. The van der Waals surface area contributed by atoms with Crippen LogP contribution in [-0.2, 0) is 5.41 Å². The number of carbonyl (C=O) groups excluding carboxylic acids is 1. The van der Waals surface area contributed by atoms with E-state index in [0.717, 1.165) is 5.56 Å². The molecule has 26 heavy (non-hydrogen) atoms. The molecule has 0 saturated heterocycles. The minimum atomic E-state index is -0.587. The Bertz CT molecular complexity index is 840. The molecule has 0 unspecified atom stereocenters. The van der Waals surface area contributed by atoms with E-state index in [1.807, 2.05) is 12.1 Å². The standard InChI is InChI=1S/C19H22N2O5/c1-19(2,3)13-7-9-16(25-4)14(11-13)20-18(22)12-6-8-17(26-5)15(10-12)21(23)24/h6-11H,1-5H3,(H,20,22). The first kappa shape index (κ1) is 19.2. The lowest BCUT2D eigenvalue weighted by atomic mass is 9.87. The molecule has 0 aliphatic carbocycles. The van der Waals surface area contributed by atoms with Crippen molar-refractivity contribution in [3.63, 3.8) is 0 Å². The van der Waals surface area contributed by atoms with Crippen LogP contribution in [0.25, 0.3) is 0 Å². The van der Waals surface area contributed by atoms with Crippen molar-refractivity contribution in [1.82, 2.24) is 0 Å². The first-order valence-electron chi connectivity index (χ1n) is 7.99. The smallest absolute Gasteiger partial charge is 0.311 e. The van der Waals surface area contributed by atoms with E-state index in [1.54, 1.807) is 6.07 Å². The van der Waals surface area contributed by atoms with Crippen LogP contribution in [0.4, 0.5) is 11.4 Å². The van der Waals surface area contributed by atoms with Gasteiger partial charge in [0.15, 0.2) is 5.75 Å². The van der Waals surface area contributed by atoms with E-state index < -0.39 is 10.8 Å². The predicted molar refractivity (Wildman–Crippen MR) is 99.3 cm³/mol. The maximum atomic E-state index is 12.6. The number of nitrogens with zero attached hydrogens (tertiary/aromatic N) is 1. The van der Waals surface area contributed by atoms with Crippen LogP contribution in [0.5, 0.6) is 11.5 Å². The van der Waals surface area contributed by atoms with Gasteiger partial charge in [0.05, 0.1) is 24.8 Å². The van der Waals surface area contributed by atoms with Gasteiger partial charge in [-0.2, -0.15) is 0 Å². The largest absolute Gasteiger partial charge is 0.495 e. The van der Waals surface area contributed by atoms with E-state index >= 15 is 0 Å². The molecule has 0 aromatic heterocycles. The lowest BCUT2D eigenvalue weighted by molar-refractivity contribution is -0.385. The molecule has 0 heterocycles. The van der Waals surface area contributed by atoms with Gasteiger partial charge in [0.25, 0.3) is 5.91 Å². The molecule has 2 aromatic carbocycles. The van der Waals surface area contributed by atoms with Gasteiger partial charge >= 0.3 is 5.69 Å². The Kier molecular flexibility index (Phi) is 5.50. The van der Waals surface area contributed by atoms with Crippen molar-refractivity contribution >= 4 is 17.3 Å². The molecule has 0 aliphatic rings. The summed E-state index contributed by atoms with van der Waals surface area (Å²) in [4.78, 5) is 23.1. The summed E-state index contributed by atoms with van der Waals surface area (Å²) in [6.07, 6.45) is 0. The summed E-state index contributed by atoms with van der Waals surface area (Å²) in [6.45, 7) is 6.19. The van der Waals surface area contributed by atoms with Crippen molar-refractivity contribution in [3.05, 3.63) is 57.6 Å². The highest BCUT2D eigenvalue weighted by Gasteiger charge is 2.20. The molecule has 1 amide bonds. The number of ether oxygens (including phenoxy) is 2. The molecule has 0 saturated carbocycles. The average Bonchev–Trinajstić information content (AvgIpc) is 2.60. The third-order valence-corrected chi connectivity index (χ3v) is 3.95. The molecular formula is C19H22N2O5. The summed E-state index contributed by atoms with van der Waals surface area (Å²) in [7, 11) is 2.85. The number of nitro groups is 1. The van der Waals surface area contributed by atoms with Gasteiger partial charge in [0.2, 0.25) is 0 Å². The SMILES string of the molecule is COc1ccc(C(C)(C)C)cc1NC(=O)c1ccc(OC)c([N+](=O)[O-])c1. The number of rotatable bonds is 5. The van der Waals surface area contributed by atoms with Gasteiger partial charge in [-0.1, -0.05) is 26.8 Å². The molecular weight excluding hydrogens is 336 g/mol. The maximum Gasteiger partial charge on any atom is 0.311 e. The Balaban J connectivity index is 2.38. The molecule has 0 spiro atoms. The fourth-order valence-electron chi connectivity index (χ4n) is 2.44. The summed E-state index contributed by atoms with van der Waals surface area (Å²) in [5, 5.41) is 13.9. The van der Waals surface area contributed by atoms with Gasteiger partial charge in [0.1, 0.15) is 5.75 Å². The molecule has 0 atom stereocenters. The number of nitro benzene ring substituents is 1. The van der Waals surface area contributed by atoms with Crippen molar-refractivity contribution in [2.24, 2.45) is 0 Å². The lowest BCUT2D eigenvalue weighted by Gasteiger charge is -2.21. The summed E-state index contributed by atoms with van der Waals surface area (Å²) in [6, 6.07) is 9.62. The van der Waals surface area contributed by atoms with E-state index in [9.17, 15) is 14.9 Å². The molecule has 2 aromatic rings. The lowest BCUT2D eigenvalue weighted by Crippen LogP contribution is -2.15. The maximum absolute atomic E-state index is 12.6. The number of carbonyl (C=O) groups is 1. The van der Waals surface area contributed by atoms with Crippen molar-refractivity contribution in [2.75, 3.05) is 19.5 Å². The van der Waals surface area contributed by atoms with E-state index in [4.69, 9.17) is 9.47 Å². The summed E-state index contributed by atoms with van der Waals surface area (Å²) in [5.41, 5.74) is 1.30. The third kappa shape index (κ3) is 4.11. The second-order valence-corrected chi connectivity index (χ2v) is 6.76. The molecule has 7 nitrogen and oxygen atoms in total. The average molecular weight is 358 g/mol. The fourth-order valence-corrected chi connectivity index (χ4v) is 2.44. The summed E-state index contributed by atoms with van der Waals surface area (Å²) >= 11 is 0. The van der Waals surface area contributed by atoms with Gasteiger partial charge in [-0.25, -0.2) is 0 Å². The third-order valence-electron chi connectivity index (χ3n) is 3.95. The first-order chi connectivity index (χ1) is 12.2. The molecule has 2 rings (SSSR count). The van der Waals surface area contributed by atoms with Crippen LogP contribution < -0.4 is 14.8 Å². The van der Waals surface area contributed by atoms with Crippen molar-refractivity contribution < 1.29 is 19.2 Å². The van der Waals surface area contributed by atoms with Crippen molar-refractivity contribution in [3.8, 4) is 11.5 Å². The number of hydrogen-bond acceptors (Lipinski definition) is 5. The van der Waals surface area contributed by atoms with Crippen LogP contribution in [0.15, 0.2) is 36.4 Å². The van der Waals surface area contributed by atoms with Gasteiger partial charge < -0.3 is 14.8 Å². The Morgan fingerprint density at radius 3 is 2.19 bits per heavy atom. The number of benzene rings is 2. The number of anilines is 1. The molecule has 0 radical (unpaired) electrons. The zero-order chi connectivity index (χ0) is 19.5. The number of hydrogen-bond donors (Lipinski definition) is 1. The second-order valence-electron chi connectivity index (χ2n) is 6.76. The molecule has 138 valence electrons. The Morgan fingerprint density at radius 1 is 1.04 bits per heavy atom. The molecule has 7 heteroatoms. The minimum absolute atomic E-state index is 0.0962. The van der Waals surface area contributed by atoms with Gasteiger partial charge in [-0.15, -0.1) is 0 Å². The summed E-state index contributed by atoms with van der Waals surface area (Å²) < 4.78 is 10.3. The molecule has 0 fully saturated rings.